The van der Waals surface area contributed by atoms with Gasteiger partial charge in [-0.05, 0) is 79.2 Å². The third kappa shape index (κ3) is 9.14. The zero-order chi connectivity index (χ0) is 23.3. The lowest BCUT2D eigenvalue weighted by Gasteiger charge is -2.28. The van der Waals surface area contributed by atoms with Crippen molar-refractivity contribution in [1.82, 2.24) is 0 Å². The van der Waals surface area contributed by atoms with Gasteiger partial charge in [0.15, 0.2) is 11.6 Å². The van der Waals surface area contributed by atoms with Crippen molar-refractivity contribution in [3.8, 4) is 5.75 Å². The van der Waals surface area contributed by atoms with E-state index in [-0.39, 0.29) is 5.82 Å². The van der Waals surface area contributed by atoms with E-state index in [1.54, 1.807) is 6.07 Å². The van der Waals surface area contributed by atoms with Crippen molar-refractivity contribution in [2.75, 3.05) is 6.61 Å². The number of aryl methyl sites for hydroxylation is 3. The van der Waals surface area contributed by atoms with Gasteiger partial charge >= 0.3 is 0 Å². The molecule has 1 saturated carbocycles. The van der Waals surface area contributed by atoms with E-state index in [1.165, 1.54) is 88.2 Å². The van der Waals surface area contributed by atoms with E-state index in [9.17, 15) is 4.39 Å². The highest BCUT2D eigenvalue weighted by Crippen LogP contribution is 2.32. The number of halogens is 1. The van der Waals surface area contributed by atoms with Gasteiger partial charge in [0.05, 0.1) is 6.61 Å². The van der Waals surface area contributed by atoms with Gasteiger partial charge in [0.2, 0.25) is 0 Å². The van der Waals surface area contributed by atoms with Crippen LogP contribution in [0, 0.1) is 17.7 Å². The fourth-order valence-electron chi connectivity index (χ4n) is 5.13. The summed E-state index contributed by atoms with van der Waals surface area (Å²) in [5, 5.41) is 0. The van der Waals surface area contributed by atoms with Crippen LogP contribution in [0.1, 0.15) is 101 Å². The minimum absolute atomic E-state index is 0.216. The van der Waals surface area contributed by atoms with Crippen molar-refractivity contribution in [3.63, 3.8) is 0 Å². The summed E-state index contributed by atoms with van der Waals surface area (Å²) in [6.45, 7) is 5.17. The molecule has 2 aromatic rings. The molecule has 2 aromatic carbocycles. The van der Waals surface area contributed by atoms with Crippen LogP contribution in [0.2, 0.25) is 0 Å². The molecule has 1 aliphatic carbocycles. The van der Waals surface area contributed by atoms with Gasteiger partial charge < -0.3 is 4.74 Å². The lowest BCUT2D eigenvalue weighted by atomic mass is 9.80. The Labute approximate surface area is 202 Å². The molecule has 0 aromatic heterocycles. The van der Waals surface area contributed by atoms with Gasteiger partial charge in [-0.25, -0.2) is 4.39 Å². The van der Waals surface area contributed by atoms with Crippen molar-refractivity contribution in [2.24, 2.45) is 11.8 Å². The van der Waals surface area contributed by atoms with E-state index in [2.05, 4.69) is 38.1 Å². The van der Waals surface area contributed by atoms with Crippen LogP contribution in [0.3, 0.4) is 0 Å². The van der Waals surface area contributed by atoms with E-state index in [0.29, 0.717) is 18.3 Å². The summed E-state index contributed by atoms with van der Waals surface area (Å²) < 4.78 is 20.5. The summed E-state index contributed by atoms with van der Waals surface area (Å²) in [4.78, 5) is 0. The summed E-state index contributed by atoms with van der Waals surface area (Å²) >= 11 is 0. The van der Waals surface area contributed by atoms with Crippen molar-refractivity contribution in [3.05, 3.63) is 65.0 Å². The first-order chi connectivity index (χ1) is 16.2. The zero-order valence-corrected chi connectivity index (χ0v) is 21.1. The van der Waals surface area contributed by atoms with Crippen LogP contribution in [0.4, 0.5) is 4.39 Å². The SMILES string of the molecule is CCCCCc1ccc(CCc2ccc(OC[C@H]3CC[C@H](CCCCC)CC3)c(F)c2)cc1. The smallest absolute Gasteiger partial charge is 0.165 e. The summed E-state index contributed by atoms with van der Waals surface area (Å²) in [7, 11) is 0. The highest BCUT2D eigenvalue weighted by molar-refractivity contribution is 5.30. The number of unbranched alkanes of at least 4 members (excludes halogenated alkanes) is 4. The fourth-order valence-corrected chi connectivity index (χ4v) is 5.13. The summed E-state index contributed by atoms with van der Waals surface area (Å²) in [6, 6.07) is 14.5. The van der Waals surface area contributed by atoms with Crippen molar-refractivity contribution in [2.45, 2.75) is 104 Å². The van der Waals surface area contributed by atoms with Gasteiger partial charge in [-0.3, -0.25) is 0 Å². The predicted octanol–water partition coefficient (Wildman–Crippen LogP) is 9.11. The number of rotatable bonds is 14. The number of hydrogen-bond donors (Lipinski definition) is 0. The first kappa shape index (κ1) is 25.8. The second-order valence-corrected chi connectivity index (χ2v) is 10.2. The van der Waals surface area contributed by atoms with E-state index in [1.807, 2.05) is 12.1 Å². The largest absolute Gasteiger partial charge is 0.490 e. The molecule has 0 saturated heterocycles. The van der Waals surface area contributed by atoms with Crippen LogP contribution < -0.4 is 4.74 Å². The maximum Gasteiger partial charge on any atom is 0.165 e. The minimum atomic E-state index is -0.216. The second-order valence-electron chi connectivity index (χ2n) is 10.2. The van der Waals surface area contributed by atoms with Crippen LogP contribution in [-0.2, 0) is 19.3 Å². The Balaban J connectivity index is 1.38. The normalized spacial score (nSPS) is 18.4. The number of benzene rings is 2. The first-order valence-electron chi connectivity index (χ1n) is 13.7. The number of ether oxygens (including phenoxy) is 1. The van der Waals surface area contributed by atoms with Gasteiger partial charge in [0, 0.05) is 0 Å². The monoisotopic (exact) mass is 452 g/mol. The first-order valence-corrected chi connectivity index (χ1v) is 13.7. The highest BCUT2D eigenvalue weighted by Gasteiger charge is 2.21. The molecule has 2 heteroatoms. The van der Waals surface area contributed by atoms with Crippen molar-refractivity contribution in [1.29, 1.82) is 0 Å². The lowest BCUT2D eigenvalue weighted by molar-refractivity contribution is 0.173. The van der Waals surface area contributed by atoms with Gasteiger partial charge in [-0.2, -0.15) is 0 Å². The molecule has 0 heterocycles. The Morgan fingerprint density at radius 3 is 1.94 bits per heavy atom. The molecule has 0 bridgehead atoms. The molecule has 0 aliphatic heterocycles. The van der Waals surface area contributed by atoms with E-state index in [4.69, 9.17) is 4.74 Å². The lowest BCUT2D eigenvalue weighted by Crippen LogP contribution is -2.20. The maximum absolute atomic E-state index is 14.6. The summed E-state index contributed by atoms with van der Waals surface area (Å²) in [5.74, 6) is 1.69. The summed E-state index contributed by atoms with van der Waals surface area (Å²) in [6.07, 6.45) is 17.3. The van der Waals surface area contributed by atoms with E-state index in [0.717, 1.165) is 24.3 Å². The Bertz CT molecular complexity index is 789. The Kier molecular flexibility index (Phi) is 11.3. The Hall–Kier alpha value is -1.83. The van der Waals surface area contributed by atoms with Gasteiger partial charge in [-0.15, -0.1) is 0 Å². The third-order valence-electron chi connectivity index (χ3n) is 7.45. The van der Waals surface area contributed by atoms with Crippen LogP contribution >= 0.6 is 0 Å². The van der Waals surface area contributed by atoms with Crippen molar-refractivity contribution >= 4 is 0 Å². The molecule has 0 amide bonds. The van der Waals surface area contributed by atoms with Crippen molar-refractivity contribution < 1.29 is 9.13 Å². The zero-order valence-electron chi connectivity index (χ0n) is 21.1. The molecule has 33 heavy (non-hydrogen) atoms. The topological polar surface area (TPSA) is 9.23 Å². The second kappa shape index (κ2) is 14.4. The molecule has 0 radical (unpaired) electrons. The molecule has 0 atom stereocenters. The minimum Gasteiger partial charge on any atom is -0.490 e. The molecule has 182 valence electrons. The highest BCUT2D eigenvalue weighted by atomic mass is 19.1. The standard InChI is InChI=1S/C31H45FO/c1-3-5-7-9-25-11-13-27(14-12-25)15-18-28-21-22-31(30(32)23-28)33-24-29-19-16-26(17-20-29)10-8-6-4-2/h11-14,21-23,26,29H,3-10,15-20,24H2,1-2H3/t26-,29-. The summed E-state index contributed by atoms with van der Waals surface area (Å²) in [5.41, 5.74) is 3.78. The molecule has 1 aliphatic rings. The van der Waals surface area contributed by atoms with Crippen LogP contribution in [0.5, 0.6) is 5.75 Å². The molecular formula is C31H45FO. The van der Waals surface area contributed by atoms with E-state index >= 15 is 0 Å². The predicted molar refractivity (Wildman–Crippen MR) is 139 cm³/mol. The van der Waals surface area contributed by atoms with Gasteiger partial charge in [-0.1, -0.05) is 95.5 Å². The molecule has 0 unspecified atom stereocenters. The molecule has 1 nitrogen and oxygen atoms in total. The van der Waals surface area contributed by atoms with Gasteiger partial charge in [0.25, 0.3) is 0 Å². The Morgan fingerprint density at radius 2 is 1.27 bits per heavy atom. The van der Waals surface area contributed by atoms with Crippen LogP contribution in [-0.4, -0.2) is 6.61 Å². The van der Waals surface area contributed by atoms with Gasteiger partial charge in [0.1, 0.15) is 0 Å². The fraction of sp³-hybridized carbons (Fsp3) is 0.613. The molecule has 1 fully saturated rings. The molecule has 0 N–H and O–H groups in total. The molecule has 3 rings (SSSR count). The van der Waals surface area contributed by atoms with E-state index < -0.39 is 0 Å². The average molecular weight is 453 g/mol. The maximum atomic E-state index is 14.6. The Morgan fingerprint density at radius 1 is 0.697 bits per heavy atom. The quantitative estimate of drug-likeness (QED) is 0.260. The number of hydrogen-bond acceptors (Lipinski definition) is 1. The average Bonchev–Trinajstić information content (AvgIpc) is 2.84. The van der Waals surface area contributed by atoms with Crippen LogP contribution in [0.25, 0.3) is 0 Å². The molecular weight excluding hydrogens is 407 g/mol. The van der Waals surface area contributed by atoms with Crippen LogP contribution in [0.15, 0.2) is 42.5 Å². The molecule has 0 spiro atoms. The third-order valence-corrected chi connectivity index (χ3v) is 7.45.